The molecule has 0 aliphatic heterocycles. The maximum atomic E-state index is 12.2. The predicted molar refractivity (Wildman–Crippen MR) is 79.0 cm³/mol. The normalized spacial score (nSPS) is 13.0. The van der Waals surface area contributed by atoms with Crippen molar-refractivity contribution in [3.63, 3.8) is 0 Å². The van der Waals surface area contributed by atoms with Gasteiger partial charge in [-0.15, -0.1) is 0 Å². The molecule has 0 aliphatic carbocycles. The topological polar surface area (TPSA) is 109 Å². The summed E-state index contributed by atoms with van der Waals surface area (Å²) in [6.45, 7) is 1.59. The number of aromatic amines is 1. The fourth-order valence-corrected chi connectivity index (χ4v) is 3.07. The summed E-state index contributed by atoms with van der Waals surface area (Å²) in [6, 6.07) is 6.03. The fraction of sp³-hybridized carbons (Fsp3) is 0.308. The summed E-state index contributed by atoms with van der Waals surface area (Å²) in [6.07, 6.45) is 1.10. The number of fused-ring (bicyclic) bond motifs is 1. The van der Waals surface area contributed by atoms with Crippen molar-refractivity contribution < 1.29 is 13.2 Å². The third-order valence-corrected chi connectivity index (χ3v) is 3.95. The zero-order valence-electron chi connectivity index (χ0n) is 11.6. The van der Waals surface area contributed by atoms with E-state index in [1.807, 2.05) is 0 Å². The van der Waals surface area contributed by atoms with Crippen LogP contribution in [0.3, 0.4) is 0 Å². The van der Waals surface area contributed by atoms with Gasteiger partial charge in [0, 0.05) is 17.7 Å². The van der Waals surface area contributed by atoms with Crippen LogP contribution in [0.5, 0.6) is 0 Å². The zero-order chi connectivity index (χ0) is 15.6. The molecule has 0 bridgehead atoms. The third-order valence-electron chi connectivity index (χ3n) is 2.84. The molecule has 2 rings (SSSR count). The van der Waals surface area contributed by atoms with E-state index in [-0.39, 0.29) is 17.0 Å². The number of carbonyl (C=O) groups is 1. The molecule has 0 radical (unpaired) electrons. The average Bonchev–Trinajstić information content (AvgIpc) is 2.37. The Morgan fingerprint density at radius 2 is 1.95 bits per heavy atom. The van der Waals surface area contributed by atoms with E-state index in [1.54, 1.807) is 31.2 Å². The Labute approximate surface area is 121 Å². The van der Waals surface area contributed by atoms with Gasteiger partial charge in [0.1, 0.15) is 9.84 Å². The number of nitrogens with one attached hydrogen (secondary N) is 2. The van der Waals surface area contributed by atoms with Crippen molar-refractivity contribution in [1.29, 1.82) is 0 Å². The summed E-state index contributed by atoms with van der Waals surface area (Å²) in [4.78, 5) is 23.8. The van der Waals surface area contributed by atoms with Crippen molar-refractivity contribution in [3.8, 4) is 0 Å². The van der Waals surface area contributed by atoms with Crippen LogP contribution in [0.1, 0.15) is 17.4 Å². The van der Waals surface area contributed by atoms with Crippen LogP contribution in [0.2, 0.25) is 0 Å². The lowest BCUT2D eigenvalue weighted by Gasteiger charge is -2.12. The van der Waals surface area contributed by atoms with Gasteiger partial charge in [-0.05, 0) is 13.0 Å². The van der Waals surface area contributed by atoms with Gasteiger partial charge < -0.3 is 5.32 Å². The number of amides is 1. The third kappa shape index (κ3) is 3.66. The van der Waals surface area contributed by atoms with Gasteiger partial charge >= 0.3 is 0 Å². The minimum Gasteiger partial charge on any atom is -0.347 e. The second kappa shape index (κ2) is 5.65. The standard InChI is InChI=1S/C13H15N3O4S/c1-8(7-21(2,19)20)14-13(18)11-9-5-3-4-6-10(9)12(17)16-15-11/h3-6,8H,7H2,1-2H3,(H,14,18)(H,16,17). The molecule has 1 heterocycles. The van der Waals surface area contributed by atoms with Gasteiger partial charge in [0.25, 0.3) is 11.5 Å². The van der Waals surface area contributed by atoms with Crippen molar-refractivity contribution >= 4 is 26.5 Å². The summed E-state index contributed by atoms with van der Waals surface area (Å²) < 4.78 is 22.4. The first-order valence-electron chi connectivity index (χ1n) is 6.24. The zero-order valence-corrected chi connectivity index (χ0v) is 12.4. The Morgan fingerprint density at radius 3 is 2.57 bits per heavy atom. The molecule has 112 valence electrons. The molecule has 0 saturated carbocycles. The molecule has 1 amide bonds. The monoisotopic (exact) mass is 309 g/mol. The summed E-state index contributed by atoms with van der Waals surface area (Å²) in [5.74, 6) is -0.696. The molecule has 21 heavy (non-hydrogen) atoms. The summed E-state index contributed by atoms with van der Waals surface area (Å²) in [7, 11) is -3.19. The Kier molecular flexibility index (Phi) is 4.08. The molecule has 0 fully saturated rings. The van der Waals surface area contributed by atoms with Crippen molar-refractivity contribution in [2.24, 2.45) is 0 Å². The van der Waals surface area contributed by atoms with Gasteiger partial charge in [-0.25, -0.2) is 13.5 Å². The van der Waals surface area contributed by atoms with E-state index in [4.69, 9.17) is 0 Å². The highest BCUT2D eigenvalue weighted by Gasteiger charge is 2.18. The maximum Gasteiger partial charge on any atom is 0.272 e. The Balaban J connectivity index is 2.33. The molecule has 0 aliphatic rings. The van der Waals surface area contributed by atoms with E-state index in [0.29, 0.717) is 10.8 Å². The number of H-pyrrole nitrogens is 1. The van der Waals surface area contributed by atoms with E-state index in [0.717, 1.165) is 6.26 Å². The van der Waals surface area contributed by atoms with E-state index in [2.05, 4.69) is 15.5 Å². The fourth-order valence-electron chi connectivity index (χ4n) is 2.08. The first-order valence-corrected chi connectivity index (χ1v) is 8.30. The van der Waals surface area contributed by atoms with Gasteiger partial charge in [-0.3, -0.25) is 9.59 Å². The van der Waals surface area contributed by atoms with E-state index in [9.17, 15) is 18.0 Å². The number of carbonyl (C=O) groups excluding carboxylic acids is 1. The van der Waals surface area contributed by atoms with Crippen molar-refractivity contribution in [3.05, 3.63) is 40.3 Å². The molecule has 8 heteroatoms. The lowest BCUT2D eigenvalue weighted by atomic mass is 10.1. The van der Waals surface area contributed by atoms with E-state index >= 15 is 0 Å². The van der Waals surface area contributed by atoms with Crippen molar-refractivity contribution in [2.45, 2.75) is 13.0 Å². The minimum absolute atomic E-state index is 0.0607. The van der Waals surface area contributed by atoms with Crippen LogP contribution in [0.25, 0.3) is 10.8 Å². The van der Waals surface area contributed by atoms with Crippen molar-refractivity contribution in [2.75, 3.05) is 12.0 Å². The highest BCUT2D eigenvalue weighted by molar-refractivity contribution is 7.90. The van der Waals surface area contributed by atoms with Gasteiger partial charge in [-0.2, -0.15) is 5.10 Å². The molecular formula is C13H15N3O4S. The van der Waals surface area contributed by atoms with Crippen LogP contribution >= 0.6 is 0 Å². The largest absolute Gasteiger partial charge is 0.347 e. The van der Waals surface area contributed by atoms with Gasteiger partial charge in [0.05, 0.1) is 11.1 Å². The Hall–Kier alpha value is -2.22. The summed E-state index contributed by atoms with van der Waals surface area (Å²) in [5, 5.41) is 9.36. The van der Waals surface area contributed by atoms with Crippen LogP contribution in [-0.4, -0.2) is 42.6 Å². The molecule has 0 saturated heterocycles. The molecule has 1 atom stereocenters. The molecule has 2 aromatic rings. The lowest BCUT2D eigenvalue weighted by Crippen LogP contribution is -2.38. The second-order valence-corrected chi connectivity index (χ2v) is 7.10. The molecule has 0 spiro atoms. The number of aromatic nitrogens is 2. The quantitative estimate of drug-likeness (QED) is 0.831. The number of benzene rings is 1. The Bertz CT molecular complexity index is 842. The van der Waals surface area contributed by atoms with Crippen LogP contribution in [0.15, 0.2) is 29.1 Å². The number of hydrogen-bond donors (Lipinski definition) is 2. The molecule has 1 aromatic carbocycles. The lowest BCUT2D eigenvalue weighted by molar-refractivity contribution is 0.0939. The minimum atomic E-state index is -3.19. The number of sulfone groups is 1. The average molecular weight is 309 g/mol. The second-order valence-electron chi connectivity index (χ2n) is 4.91. The predicted octanol–water partition coefficient (Wildman–Crippen LogP) is 0.0860. The molecular weight excluding hydrogens is 294 g/mol. The summed E-state index contributed by atoms with van der Waals surface area (Å²) >= 11 is 0. The molecule has 1 unspecified atom stereocenters. The van der Waals surface area contributed by atoms with Crippen LogP contribution < -0.4 is 10.9 Å². The number of rotatable bonds is 4. The van der Waals surface area contributed by atoms with E-state index < -0.39 is 21.8 Å². The van der Waals surface area contributed by atoms with E-state index in [1.165, 1.54) is 0 Å². The van der Waals surface area contributed by atoms with Gasteiger partial charge in [0.15, 0.2) is 5.69 Å². The first-order chi connectivity index (χ1) is 9.78. The molecule has 2 N–H and O–H groups in total. The highest BCUT2D eigenvalue weighted by atomic mass is 32.2. The van der Waals surface area contributed by atoms with Crippen LogP contribution in [0.4, 0.5) is 0 Å². The Morgan fingerprint density at radius 1 is 1.33 bits per heavy atom. The highest BCUT2D eigenvalue weighted by Crippen LogP contribution is 2.12. The molecule has 7 nitrogen and oxygen atoms in total. The summed E-state index contributed by atoms with van der Waals surface area (Å²) in [5.41, 5.74) is -0.322. The molecule has 1 aromatic heterocycles. The van der Waals surface area contributed by atoms with Gasteiger partial charge in [-0.1, -0.05) is 18.2 Å². The maximum absolute atomic E-state index is 12.2. The smallest absolute Gasteiger partial charge is 0.272 e. The number of nitrogens with zero attached hydrogens (tertiary/aromatic N) is 1. The first kappa shape index (κ1) is 15.2. The van der Waals surface area contributed by atoms with Crippen molar-refractivity contribution in [1.82, 2.24) is 15.5 Å². The van der Waals surface area contributed by atoms with Crippen LogP contribution in [0, 0.1) is 0 Å². The SMILES string of the molecule is CC(CS(C)(=O)=O)NC(=O)c1n[nH]c(=O)c2ccccc12. The van der Waals surface area contributed by atoms with Crippen LogP contribution in [-0.2, 0) is 9.84 Å². The van der Waals surface area contributed by atoms with Gasteiger partial charge in [0.2, 0.25) is 0 Å². The number of hydrogen-bond acceptors (Lipinski definition) is 5.